The number of hydrogen-bond donors (Lipinski definition) is 1. The minimum Gasteiger partial charge on any atom is -0.381 e. The summed E-state index contributed by atoms with van der Waals surface area (Å²) in [5.41, 5.74) is 2.62. The summed E-state index contributed by atoms with van der Waals surface area (Å²) in [5.74, 6) is -0.0835. The second-order valence-electron chi connectivity index (χ2n) is 4.81. The van der Waals surface area contributed by atoms with Crippen LogP contribution in [0.15, 0.2) is 12.1 Å². The zero-order valence-corrected chi connectivity index (χ0v) is 10.6. The smallest absolute Gasteiger partial charge is 0.129 e. The molecular weight excluding hydrogens is 217 g/mol. The van der Waals surface area contributed by atoms with Gasteiger partial charge in [0.25, 0.3) is 0 Å². The summed E-state index contributed by atoms with van der Waals surface area (Å²) in [5, 5.41) is 3.51. The second kappa shape index (κ2) is 5.61. The lowest BCUT2D eigenvalue weighted by molar-refractivity contribution is 0.0776. The van der Waals surface area contributed by atoms with Crippen LogP contribution in [-0.4, -0.2) is 19.3 Å². The lowest BCUT2D eigenvalue weighted by Gasteiger charge is -2.23. The van der Waals surface area contributed by atoms with E-state index in [2.05, 4.69) is 5.32 Å². The van der Waals surface area contributed by atoms with Gasteiger partial charge in [0.1, 0.15) is 5.82 Å². The molecule has 0 unspecified atom stereocenters. The standard InChI is InChI=1S/C14H20FNO/c1-10-7-12(8-11(2)14(10)15)9-16-13-3-5-17-6-4-13/h7-8,13,16H,3-6,9H2,1-2H3. The van der Waals surface area contributed by atoms with Crippen LogP contribution in [0.4, 0.5) is 4.39 Å². The average molecular weight is 237 g/mol. The third-order valence-corrected chi connectivity index (χ3v) is 3.31. The summed E-state index contributed by atoms with van der Waals surface area (Å²) in [6.07, 6.45) is 2.14. The Bertz CT molecular complexity index is 363. The summed E-state index contributed by atoms with van der Waals surface area (Å²) in [7, 11) is 0. The van der Waals surface area contributed by atoms with Crippen LogP contribution in [0, 0.1) is 19.7 Å². The molecule has 94 valence electrons. The molecule has 17 heavy (non-hydrogen) atoms. The first kappa shape index (κ1) is 12.5. The molecule has 1 N–H and O–H groups in total. The van der Waals surface area contributed by atoms with E-state index in [0.29, 0.717) is 6.04 Å². The summed E-state index contributed by atoms with van der Waals surface area (Å²) < 4.78 is 18.8. The fourth-order valence-corrected chi connectivity index (χ4v) is 2.30. The van der Waals surface area contributed by atoms with Crippen LogP contribution in [0.2, 0.25) is 0 Å². The fourth-order valence-electron chi connectivity index (χ4n) is 2.30. The quantitative estimate of drug-likeness (QED) is 0.872. The van der Waals surface area contributed by atoms with Crippen molar-refractivity contribution < 1.29 is 9.13 Å². The minimum atomic E-state index is -0.0835. The van der Waals surface area contributed by atoms with Crippen LogP contribution in [0.3, 0.4) is 0 Å². The van der Waals surface area contributed by atoms with Crippen molar-refractivity contribution in [2.45, 2.75) is 39.3 Å². The van der Waals surface area contributed by atoms with Gasteiger partial charge in [-0.1, -0.05) is 12.1 Å². The Morgan fingerprint density at radius 2 is 1.82 bits per heavy atom. The first-order valence-corrected chi connectivity index (χ1v) is 6.23. The van der Waals surface area contributed by atoms with Gasteiger partial charge in [-0.25, -0.2) is 4.39 Å². The highest BCUT2D eigenvalue weighted by molar-refractivity contribution is 5.30. The Morgan fingerprint density at radius 3 is 2.41 bits per heavy atom. The topological polar surface area (TPSA) is 21.3 Å². The normalized spacial score (nSPS) is 17.4. The molecule has 1 aliphatic heterocycles. The Morgan fingerprint density at radius 1 is 1.24 bits per heavy atom. The van der Waals surface area contributed by atoms with Crippen molar-refractivity contribution in [2.24, 2.45) is 0 Å². The monoisotopic (exact) mass is 237 g/mol. The van der Waals surface area contributed by atoms with Crippen LogP contribution in [-0.2, 0) is 11.3 Å². The lowest BCUT2D eigenvalue weighted by atomic mass is 10.0. The third-order valence-electron chi connectivity index (χ3n) is 3.31. The molecule has 0 bridgehead atoms. The number of aryl methyl sites for hydroxylation is 2. The van der Waals surface area contributed by atoms with Gasteiger partial charge in [-0.2, -0.15) is 0 Å². The van der Waals surface area contributed by atoms with E-state index in [9.17, 15) is 4.39 Å². The van der Waals surface area contributed by atoms with E-state index in [4.69, 9.17) is 4.74 Å². The molecule has 1 heterocycles. The number of benzene rings is 1. The average Bonchev–Trinajstić information content (AvgIpc) is 2.34. The van der Waals surface area contributed by atoms with Crippen molar-refractivity contribution >= 4 is 0 Å². The van der Waals surface area contributed by atoms with Gasteiger partial charge < -0.3 is 10.1 Å². The third kappa shape index (κ3) is 3.27. The van der Waals surface area contributed by atoms with Gasteiger partial charge in [0.2, 0.25) is 0 Å². The van der Waals surface area contributed by atoms with Gasteiger partial charge in [-0.15, -0.1) is 0 Å². The van der Waals surface area contributed by atoms with Crippen LogP contribution >= 0.6 is 0 Å². The summed E-state index contributed by atoms with van der Waals surface area (Å²) in [6.45, 7) is 6.14. The molecule has 3 heteroatoms. The zero-order valence-electron chi connectivity index (χ0n) is 10.6. The predicted octanol–water partition coefficient (Wildman–Crippen LogP) is 2.71. The molecule has 2 nitrogen and oxygen atoms in total. The van der Waals surface area contributed by atoms with E-state index in [1.54, 1.807) is 0 Å². The SMILES string of the molecule is Cc1cc(CNC2CCOCC2)cc(C)c1F. The van der Waals surface area contributed by atoms with Gasteiger partial charge >= 0.3 is 0 Å². The molecule has 1 aromatic rings. The summed E-state index contributed by atoms with van der Waals surface area (Å²) in [6, 6.07) is 4.39. The van der Waals surface area contributed by atoms with E-state index in [0.717, 1.165) is 49.3 Å². The van der Waals surface area contributed by atoms with Crippen LogP contribution < -0.4 is 5.32 Å². The van der Waals surface area contributed by atoms with Crippen molar-refractivity contribution in [3.05, 3.63) is 34.6 Å². The number of hydrogen-bond acceptors (Lipinski definition) is 2. The lowest BCUT2D eigenvalue weighted by Crippen LogP contribution is -2.34. The van der Waals surface area contributed by atoms with Crippen LogP contribution in [0.5, 0.6) is 0 Å². The molecule has 0 aliphatic carbocycles. The number of rotatable bonds is 3. The van der Waals surface area contributed by atoms with Crippen LogP contribution in [0.25, 0.3) is 0 Å². The van der Waals surface area contributed by atoms with Crippen LogP contribution in [0.1, 0.15) is 29.5 Å². The minimum absolute atomic E-state index is 0.0835. The highest BCUT2D eigenvalue weighted by atomic mass is 19.1. The zero-order chi connectivity index (χ0) is 12.3. The second-order valence-corrected chi connectivity index (χ2v) is 4.81. The summed E-state index contributed by atoms with van der Waals surface area (Å²) in [4.78, 5) is 0. The number of ether oxygens (including phenoxy) is 1. The molecule has 1 aromatic carbocycles. The number of nitrogens with one attached hydrogen (secondary N) is 1. The van der Waals surface area contributed by atoms with Crippen molar-refractivity contribution in [3.8, 4) is 0 Å². The highest BCUT2D eigenvalue weighted by Gasteiger charge is 2.13. The van der Waals surface area contributed by atoms with Gasteiger partial charge in [0.15, 0.2) is 0 Å². The van der Waals surface area contributed by atoms with Crippen molar-refractivity contribution in [2.75, 3.05) is 13.2 Å². The molecule has 0 saturated carbocycles. The van der Waals surface area contributed by atoms with E-state index < -0.39 is 0 Å². The Labute approximate surface area is 102 Å². The van der Waals surface area contributed by atoms with Gasteiger partial charge in [0.05, 0.1) is 0 Å². The Kier molecular flexibility index (Phi) is 4.13. The van der Waals surface area contributed by atoms with Gasteiger partial charge in [0, 0.05) is 25.8 Å². The molecule has 0 amide bonds. The van der Waals surface area contributed by atoms with E-state index >= 15 is 0 Å². The molecule has 0 radical (unpaired) electrons. The maximum absolute atomic E-state index is 13.5. The van der Waals surface area contributed by atoms with Crippen molar-refractivity contribution in [1.82, 2.24) is 5.32 Å². The van der Waals surface area contributed by atoms with E-state index in [1.807, 2.05) is 26.0 Å². The first-order chi connectivity index (χ1) is 8.16. The van der Waals surface area contributed by atoms with E-state index in [-0.39, 0.29) is 5.82 Å². The van der Waals surface area contributed by atoms with Gasteiger partial charge in [-0.05, 0) is 43.4 Å². The van der Waals surface area contributed by atoms with E-state index in [1.165, 1.54) is 0 Å². The molecule has 0 atom stereocenters. The molecular formula is C14H20FNO. The Hall–Kier alpha value is -0.930. The highest BCUT2D eigenvalue weighted by Crippen LogP contribution is 2.15. The summed E-state index contributed by atoms with van der Waals surface area (Å²) >= 11 is 0. The molecule has 1 saturated heterocycles. The molecule has 1 fully saturated rings. The molecule has 0 spiro atoms. The largest absolute Gasteiger partial charge is 0.381 e. The maximum atomic E-state index is 13.5. The Balaban J connectivity index is 1.94. The molecule has 2 rings (SSSR count). The maximum Gasteiger partial charge on any atom is 0.129 e. The predicted molar refractivity (Wildman–Crippen MR) is 66.6 cm³/mol. The van der Waals surface area contributed by atoms with Crippen molar-refractivity contribution in [1.29, 1.82) is 0 Å². The molecule has 0 aromatic heterocycles. The van der Waals surface area contributed by atoms with Gasteiger partial charge in [-0.3, -0.25) is 0 Å². The first-order valence-electron chi connectivity index (χ1n) is 6.23. The fraction of sp³-hybridized carbons (Fsp3) is 0.571. The van der Waals surface area contributed by atoms with Crippen molar-refractivity contribution in [3.63, 3.8) is 0 Å². The number of halogens is 1. The molecule has 1 aliphatic rings.